The molecule has 3 rings (SSSR count). The third-order valence-corrected chi connectivity index (χ3v) is 4.76. The number of nitrogens with zero attached hydrogens (tertiary/aromatic N) is 2. The van der Waals surface area contributed by atoms with Gasteiger partial charge < -0.3 is 10.4 Å². The number of carbonyl (C=O) groups is 2. The molecule has 1 aromatic carbocycles. The molecule has 24 heavy (non-hydrogen) atoms. The normalized spacial score (nSPS) is 16.5. The minimum Gasteiger partial charge on any atom is -0.481 e. The van der Waals surface area contributed by atoms with Crippen LogP contribution in [0.1, 0.15) is 42.6 Å². The van der Waals surface area contributed by atoms with Crippen molar-refractivity contribution in [3.63, 3.8) is 0 Å². The van der Waals surface area contributed by atoms with E-state index in [1.54, 1.807) is 10.9 Å². The highest BCUT2D eigenvalue weighted by Gasteiger charge is 2.40. The number of carbonyl (C=O) groups excluding carboxylic acids is 1. The number of nitrogens with one attached hydrogen (secondary N) is 1. The van der Waals surface area contributed by atoms with E-state index >= 15 is 0 Å². The minimum absolute atomic E-state index is 0.154. The molecule has 6 nitrogen and oxygen atoms in total. The summed E-state index contributed by atoms with van der Waals surface area (Å²) in [7, 11) is 0. The van der Waals surface area contributed by atoms with Gasteiger partial charge in [0.1, 0.15) is 5.69 Å². The molecule has 1 fully saturated rings. The van der Waals surface area contributed by atoms with Crippen molar-refractivity contribution in [3.05, 3.63) is 48.5 Å². The van der Waals surface area contributed by atoms with E-state index in [1.807, 2.05) is 30.3 Å². The number of amides is 1. The number of hydrogen-bond acceptors (Lipinski definition) is 3. The van der Waals surface area contributed by atoms with E-state index in [9.17, 15) is 14.7 Å². The largest absolute Gasteiger partial charge is 0.481 e. The van der Waals surface area contributed by atoms with E-state index < -0.39 is 11.4 Å². The smallest absolute Gasteiger partial charge is 0.311 e. The van der Waals surface area contributed by atoms with Crippen molar-refractivity contribution in [2.24, 2.45) is 5.41 Å². The summed E-state index contributed by atoms with van der Waals surface area (Å²) in [6.07, 6.45) is 7.15. The molecule has 1 amide bonds. The summed E-state index contributed by atoms with van der Waals surface area (Å²) in [5, 5.41) is 12.4. The lowest BCUT2D eigenvalue weighted by Crippen LogP contribution is -2.44. The van der Waals surface area contributed by atoms with Crippen LogP contribution < -0.4 is 5.32 Å². The summed E-state index contributed by atoms with van der Waals surface area (Å²) in [5.41, 5.74) is 0.397. The van der Waals surface area contributed by atoms with Crippen LogP contribution in [0.4, 0.5) is 0 Å². The second-order valence-electron chi connectivity index (χ2n) is 6.31. The predicted octanol–water partition coefficient (Wildman–Crippen LogP) is 2.64. The quantitative estimate of drug-likeness (QED) is 0.884. The Morgan fingerprint density at radius 3 is 2.54 bits per heavy atom. The topological polar surface area (TPSA) is 84.2 Å². The molecular weight excluding hydrogens is 306 g/mol. The van der Waals surface area contributed by atoms with Gasteiger partial charge in [0.2, 0.25) is 0 Å². The van der Waals surface area contributed by atoms with Gasteiger partial charge in [0.25, 0.3) is 5.91 Å². The summed E-state index contributed by atoms with van der Waals surface area (Å²) in [4.78, 5) is 28.3. The highest BCUT2D eigenvalue weighted by molar-refractivity contribution is 5.93. The predicted molar refractivity (Wildman–Crippen MR) is 89.1 cm³/mol. The number of aromatic nitrogens is 2. The molecule has 1 aliphatic carbocycles. The summed E-state index contributed by atoms with van der Waals surface area (Å²) in [6, 6.07) is 9.45. The summed E-state index contributed by atoms with van der Waals surface area (Å²) >= 11 is 0. The van der Waals surface area contributed by atoms with Crippen LogP contribution in [0.25, 0.3) is 5.69 Å². The van der Waals surface area contributed by atoms with Crippen molar-refractivity contribution in [2.45, 2.75) is 32.1 Å². The number of aliphatic carboxylic acids is 1. The zero-order valence-electron chi connectivity index (χ0n) is 13.4. The maximum atomic E-state index is 12.5. The number of carboxylic acid groups (broad SMARTS) is 1. The van der Waals surface area contributed by atoms with Crippen molar-refractivity contribution >= 4 is 11.9 Å². The summed E-state index contributed by atoms with van der Waals surface area (Å²) in [6.45, 7) is 0.154. The Morgan fingerprint density at radius 2 is 1.88 bits per heavy atom. The zero-order valence-corrected chi connectivity index (χ0v) is 13.4. The van der Waals surface area contributed by atoms with Crippen LogP contribution in [0.5, 0.6) is 0 Å². The molecule has 0 saturated heterocycles. The van der Waals surface area contributed by atoms with Gasteiger partial charge in [-0.1, -0.05) is 37.5 Å². The van der Waals surface area contributed by atoms with Crippen molar-refractivity contribution in [1.29, 1.82) is 0 Å². The third kappa shape index (κ3) is 3.18. The van der Waals surface area contributed by atoms with Crippen molar-refractivity contribution in [3.8, 4) is 5.69 Å². The molecule has 1 aliphatic rings. The molecular formula is C18H21N3O3. The SMILES string of the molecule is O=C(NCC1(C(=O)O)CCCCC1)c1cncn1-c1ccccc1. The molecule has 6 heteroatoms. The lowest BCUT2D eigenvalue weighted by atomic mass is 9.74. The lowest BCUT2D eigenvalue weighted by molar-refractivity contribution is -0.150. The van der Waals surface area contributed by atoms with E-state index in [2.05, 4.69) is 10.3 Å². The highest BCUT2D eigenvalue weighted by atomic mass is 16.4. The molecule has 0 spiro atoms. The molecule has 1 heterocycles. The fourth-order valence-corrected chi connectivity index (χ4v) is 3.29. The Bertz CT molecular complexity index is 718. The standard InChI is InChI=1S/C18H21N3O3/c22-16(20-12-18(17(23)24)9-5-2-6-10-18)15-11-19-13-21(15)14-7-3-1-4-8-14/h1,3-4,7-8,11,13H,2,5-6,9-10,12H2,(H,20,22)(H,23,24). The van der Waals surface area contributed by atoms with Crippen LogP contribution in [0.3, 0.4) is 0 Å². The fraction of sp³-hybridized carbons (Fsp3) is 0.389. The Balaban J connectivity index is 1.74. The van der Waals surface area contributed by atoms with Crippen LogP contribution in [-0.4, -0.2) is 33.1 Å². The number of para-hydroxylation sites is 1. The first-order valence-corrected chi connectivity index (χ1v) is 8.22. The van der Waals surface area contributed by atoms with E-state index in [-0.39, 0.29) is 12.5 Å². The Labute approximate surface area is 140 Å². The third-order valence-electron chi connectivity index (χ3n) is 4.76. The summed E-state index contributed by atoms with van der Waals surface area (Å²) < 4.78 is 1.70. The minimum atomic E-state index is -0.842. The number of hydrogen-bond donors (Lipinski definition) is 2. The fourth-order valence-electron chi connectivity index (χ4n) is 3.29. The molecule has 1 saturated carbocycles. The van der Waals surface area contributed by atoms with Crippen LogP contribution in [0.15, 0.2) is 42.9 Å². The van der Waals surface area contributed by atoms with E-state index in [1.165, 1.54) is 6.20 Å². The van der Waals surface area contributed by atoms with Crippen molar-refractivity contribution in [2.75, 3.05) is 6.54 Å². The van der Waals surface area contributed by atoms with E-state index in [0.717, 1.165) is 24.9 Å². The molecule has 1 aromatic heterocycles. The number of imidazole rings is 1. The maximum absolute atomic E-state index is 12.5. The van der Waals surface area contributed by atoms with E-state index in [4.69, 9.17) is 0 Å². The second kappa shape index (κ2) is 6.86. The molecule has 2 N–H and O–H groups in total. The molecule has 0 unspecified atom stereocenters. The lowest BCUT2D eigenvalue weighted by Gasteiger charge is -2.33. The van der Waals surface area contributed by atoms with E-state index in [0.29, 0.717) is 18.5 Å². The van der Waals surface area contributed by atoms with Crippen LogP contribution in [-0.2, 0) is 4.79 Å². The molecule has 126 valence electrons. The van der Waals surface area contributed by atoms with Gasteiger partial charge in [-0.2, -0.15) is 0 Å². The number of benzene rings is 1. The zero-order chi connectivity index (χ0) is 17.0. The molecule has 0 atom stereocenters. The maximum Gasteiger partial charge on any atom is 0.311 e. The average Bonchev–Trinajstić information content (AvgIpc) is 3.11. The average molecular weight is 327 g/mol. The summed E-state index contributed by atoms with van der Waals surface area (Å²) in [5.74, 6) is -1.12. The van der Waals surface area contributed by atoms with Gasteiger partial charge in [-0.3, -0.25) is 14.2 Å². The van der Waals surface area contributed by atoms with Gasteiger partial charge in [-0.05, 0) is 25.0 Å². The molecule has 0 aliphatic heterocycles. The number of carboxylic acids is 1. The van der Waals surface area contributed by atoms with Gasteiger partial charge >= 0.3 is 5.97 Å². The monoisotopic (exact) mass is 327 g/mol. The Morgan fingerprint density at radius 1 is 1.17 bits per heavy atom. The first-order valence-electron chi connectivity index (χ1n) is 8.22. The van der Waals surface area contributed by atoms with Gasteiger partial charge in [0.15, 0.2) is 0 Å². The van der Waals surface area contributed by atoms with Crippen LogP contribution in [0.2, 0.25) is 0 Å². The van der Waals surface area contributed by atoms with Crippen LogP contribution >= 0.6 is 0 Å². The van der Waals surface area contributed by atoms with Gasteiger partial charge in [-0.25, -0.2) is 4.98 Å². The Kier molecular flexibility index (Phi) is 4.64. The van der Waals surface area contributed by atoms with Gasteiger partial charge in [0.05, 0.1) is 17.9 Å². The van der Waals surface area contributed by atoms with Gasteiger partial charge in [0, 0.05) is 12.2 Å². The highest BCUT2D eigenvalue weighted by Crippen LogP contribution is 2.36. The van der Waals surface area contributed by atoms with Crippen LogP contribution in [0, 0.1) is 5.41 Å². The molecule has 2 aromatic rings. The second-order valence-corrected chi connectivity index (χ2v) is 6.31. The first kappa shape index (κ1) is 16.2. The van der Waals surface area contributed by atoms with Crippen molar-refractivity contribution < 1.29 is 14.7 Å². The van der Waals surface area contributed by atoms with Gasteiger partial charge in [-0.15, -0.1) is 0 Å². The van der Waals surface area contributed by atoms with Crippen molar-refractivity contribution in [1.82, 2.24) is 14.9 Å². The Hall–Kier alpha value is -2.63. The number of rotatable bonds is 5. The first-order chi connectivity index (χ1) is 11.6. The molecule has 0 bridgehead atoms. The molecule has 0 radical (unpaired) electrons.